The first-order valence-corrected chi connectivity index (χ1v) is 13.7. The number of nitrogens with two attached hydrogens (primary N) is 2. The monoisotopic (exact) mass is 616 g/mol. The van der Waals surface area contributed by atoms with Crippen molar-refractivity contribution in [3.05, 3.63) is 139 Å². The van der Waals surface area contributed by atoms with E-state index in [4.69, 9.17) is 25.0 Å². The highest BCUT2D eigenvalue weighted by Crippen LogP contribution is 2.32. The van der Waals surface area contributed by atoms with E-state index in [9.17, 15) is 27.2 Å². The van der Waals surface area contributed by atoms with Crippen molar-refractivity contribution in [3.63, 3.8) is 0 Å². The molecular weight excluding hydrogens is 592 g/mol. The largest absolute Gasteiger partial charge is 0.457 e. The summed E-state index contributed by atoms with van der Waals surface area (Å²) in [5.74, 6) is -0.985. The Morgan fingerprint density at radius 1 is 0.600 bits per heavy atom. The zero-order chi connectivity index (χ0) is 31.8. The number of ether oxygens (including phenoxy) is 1. The highest BCUT2D eigenvalue weighted by Gasteiger charge is 2.20. The van der Waals surface area contributed by atoms with Crippen molar-refractivity contribution in [1.29, 1.82) is 0 Å². The molecule has 0 amide bonds. The maximum absolute atomic E-state index is 14.5. The van der Waals surface area contributed by atoms with E-state index in [0.29, 0.717) is 10.8 Å². The van der Waals surface area contributed by atoms with Crippen LogP contribution in [-0.2, 0) is 26.2 Å². The van der Waals surface area contributed by atoms with Gasteiger partial charge in [-0.2, -0.15) is 0 Å². The van der Waals surface area contributed by atoms with Crippen molar-refractivity contribution in [2.75, 3.05) is 11.5 Å². The van der Waals surface area contributed by atoms with Crippen molar-refractivity contribution < 1.29 is 31.1 Å². The maximum atomic E-state index is 14.5. The molecule has 0 saturated heterocycles. The second-order valence-corrected chi connectivity index (χ2v) is 10.4. The lowest BCUT2D eigenvalue weighted by molar-refractivity contribution is 0.468. The van der Waals surface area contributed by atoms with Gasteiger partial charge in [0.1, 0.15) is 47.6 Å². The first kappa shape index (κ1) is 29.5. The van der Waals surface area contributed by atoms with Crippen LogP contribution in [0.2, 0.25) is 0 Å². The third-order valence-electron chi connectivity index (χ3n) is 7.64. The average Bonchev–Trinajstić information content (AvgIpc) is 3.02. The van der Waals surface area contributed by atoms with Gasteiger partial charge in [0.25, 0.3) is 0 Å². The van der Waals surface area contributed by atoms with Gasteiger partial charge in [-0.1, -0.05) is 24.3 Å². The number of benzene rings is 4. The summed E-state index contributed by atoms with van der Waals surface area (Å²) in [6, 6.07) is 17.6. The summed E-state index contributed by atoms with van der Waals surface area (Å²) in [4.78, 5) is 25.7. The molecule has 6 rings (SSSR count). The molecule has 228 valence electrons. The average molecular weight is 617 g/mol. The SMILES string of the molecule is Nc1cccc(Cc2c(CF)c3ccc(Oc4ccc5c(CF)c(Cc6cccc(N)c6F)c(=O)oc5c4)cc3oc2=O)c1F. The summed E-state index contributed by atoms with van der Waals surface area (Å²) < 4.78 is 74.3. The normalized spacial score (nSPS) is 11.4. The molecule has 0 aliphatic heterocycles. The van der Waals surface area contributed by atoms with Crippen LogP contribution in [0.5, 0.6) is 11.5 Å². The Bertz CT molecular complexity index is 2070. The van der Waals surface area contributed by atoms with E-state index in [-0.39, 0.29) is 80.3 Å². The molecule has 7 nitrogen and oxygen atoms in total. The Morgan fingerprint density at radius 2 is 1.02 bits per heavy atom. The Labute approximate surface area is 252 Å². The molecule has 4 N–H and O–H groups in total. The predicted octanol–water partition coefficient (Wildman–Crippen LogP) is 7.25. The molecule has 0 bridgehead atoms. The van der Waals surface area contributed by atoms with Crippen LogP contribution >= 0.6 is 0 Å². The number of nitrogen functional groups attached to an aromatic ring is 2. The van der Waals surface area contributed by atoms with Gasteiger partial charge in [0, 0.05) is 58.0 Å². The Kier molecular flexibility index (Phi) is 7.76. The van der Waals surface area contributed by atoms with Gasteiger partial charge in [0.15, 0.2) is 0 Å². The minimum absolute atomic E-state index is 0.0331. The number of hydrogen-bond acceptors (Lipinski definition) is 7. The van der Waals surface area contributed by atoms with Gasteiger partial charge in [0.2, 0.25) is 0 Å². The van der Waals surface area contributed by atoms with Gasteiger partial charge >= 0.3 is 11.3 Å². The van der Waals surface area contributed by atoms with Crippen molar-refractivity contribution in [2.45, 2.75) is 26.2 Å². The Morgan fingerprint density at radius 3 is 1.42 bits per heavy atom. The van der Waals surface area contributed by atoms with Gasteiger partial charge in [-0.3, -0.25) is 0 Å². The van der Waals surface area contributed by atoms with Crippen molar-refractivity contribution >= 4 is 33.3 Å². The first-order valence-electron chi connectivity index (χ1n) is 13.7. The Balaban J connectivity index is 1.33. The minimum Gasteiger partial charge on any atom is -0.457 e. The number of hydrogen-bond donors (Lipinski definition) is 2. The summed E-state index contributed by atoms with van der Waals surface area (Å²) >= 11 is 0. The second kappa shape index (κ2) is 11.8. The van der Waals surface area contributed by atoms with Gasteiger partial charge < -0.3 is 25.0 Å². The van der Waals surface area contributed by atoms with Crippen molar-refractivity contribution in [3.8, 4) is 11.5 Å². The van der Waals surface area contributed by atoms with E-state index in [1.807, 2.05) is 0 Å². The third kappa shape index (κ3) is 5.48. The van der Waals surface area contributed by atoms with Crippen LogP contribution in [0, 0.1) is 11.6 Å². The lowest BCUT2D eigenvalue weighted by Crippen LogP contribution is -2.13. The number of rotatable bonds is 8. The first-order chi connectivity index (χ1) is 21.7. The molecule has 6 aromatic rings. The molecule has 0 aliphatic rings. The summed E-state index contributed by atoms with van der Waals surface area (Å²) in [7, 11) is 0. The van der Waals surface area contributed by atoms with Crippen LogP contribution in [0.1, 0.15) is 33.4 Å². The van der Waals surface area contributed by atoms with Crippen molar-refractivity contribution in [1.82, 2.24) is 0 Å². The zero-order valence-electron chi connectivity index (χ0n) is 23.5. The number of anilines is 2. The van der Waals surface area contributed by atoms with E-state index < -0.39 is 36.2 Å². The van der Waals surface area contributed by atoms with E-state index in [1.54, 1.807) is 0 Å². The maximum Gasteiger partial charge on any atom is 0.340 e. The fourth-order valence-corrected chi connectivity index (χ4v) is 5.35. The molecule has 0 atom stereocenters. The molecule has 0 fully saturated rings. The highest BCUT2D eigenvalue weighted by molar-refractivity contribution is 5.84. The lowest BCUT2D eigenvalue weighted by Gasteiger charge is -2.13. The molecule has 45 heavy (non-hydrogen) atoms. The summed E-state index contributed by atoms with van der Waals surface area (Å²) in [6.45, 7) is -2.01. The molecular formula is C34H24F4N2O5. The minimum atomic E-state index is -1.01. The zero-order valence-corrected chi connectivity index (χ0v) is 23.5. The van der Waals surface area contributed by atoms with Crippen LogP contribution < -0.4 is 27.5 Å². The standard InChI is InChI=1S/C34H24F4N2O5/c35-15-25-21-9-7-19(13-29(21)44-33(41)23(25)11-17-3-1-5-27(39)31(17)37)43-20-8-10-22-26(16-36)24(34(42)45-30(22)14-20)12-18-4-2-6-28(40)32(18)38/h1-10,13-14H,11-12,15-16,39-40H2. The summed E-state index contributed by atoms with van der Waals surface area (Å²) in [5, 5.41) is 0.593. The second-order valence-electron chi connectivity index (χ2n) is 10.4. The van der Waals surface area contributed by atoms with Crippen LogP contribution in [-0.4, -0.2) is 0 Å². The fourth-order valence-electron chi connectivity index (χ4n) is 5.35. The van der Waals surface area contributed by atoms with E-state index in [2.05, 4.69) is 0 Å². The fraction of sp³-hybridized carbons (Fsp3) is 0.118. The third-order valence-corrected chi connectivity index (χ3v) is 7.64. The van der Waals surface area contributed by atoms with E-state index >= 15 is 0 Å². The molecule has 4 aromatic carbocycles. The molecule has 0 radical (unpaired) electrons. The molecule has 0 saturated carbocycles. The van der Waals surface area contributed by atoms with Gasteiger partial charge in [-0.05, 0) is 47.5 Å². The smallest absolute Gasteiger partial charge is 0.340 e. The van der Waals surface area contributed by atoms with E-state index in [0.717, 1.165) is 0 Å². The molecule has 0 unspecified atom stereocenters. The number of fused-ring (bicyclic) bond motifs is 2. The summed E-state index contributed by atoms with van der Waals surface area (Å²) in [6.07, 6.45) is -0.433. The van der Waals surface area contributed by atoms with Crippen LogP contribution in [0.15, 0.2) is 91.2 Å². The van der Waals surface area contributed by atoms with E-state index in [1.165, 1.54) is 72.8 Å². The quantitative estimate of drug-likeness (QED) is 0.105. The molecule has 2 aromatic heterocycles. The molecule has 0 aliphatic carbocycles. The highest BCUT2D eigenvalue weighted by atomic mass is 19.1. The molecule has 2 heterocycles. The number of alkyl halides is 2. The topological polar surface area (TPSA) is 122 Å². The van der Waals surface area contributed by atoms with Gasteiger partial charge in [0.05, 0.1) is 11.4 Å². The molecule has 0 spiro atoms. The predicted molar refractivity (Wildman–Crippen MR) is 162 cm³/mol. The van der Waals surface area contributed by atoms with Crippen LogP contribution in [0.3, 0.4) is 0 Å². The Hall–Kier alpha value is -5.58. The summed E-state index contributed by atoms with van der Waals surface area (Å²) in [5.41, 5.74) is 9.75. The van der Waals surface area contributed by atoms with Crippen LogP contribution in [0.25, 0.3) is 21.9 Å². The lowest BCUT2D eigenvalue weighted by atomic mass is 9.98. The van der Waals surface area contributed by atoms with Crippen molar-refractivity contribution in [2.24, 2.45) is 0 Å². The van der Waals surface area contributed by atoms with Gasteiger partial charge in [-0.15, -0.1) is 0 Å². The van der Waals surface area contributed by atoms with Crippen LogP contribution in [0.4, 0.5) is 28.9 Å². The molecule has 11 heteroatoms. The number of halogens is 4. The van der Waals surface area contributed by atoms with Gasteiger partial charge in [-0.25, -0.2) is 27.2 Å².